The molecule has 4 aliphatic rings. The minimum Gasteiger partial charge on any atom is -0.543 e. The normalized spacial score (nSPS) is 21.9. The summed E-state index contributed by atoms with van der Waals surface area (Å²) in [5.41, 5.74) is 1.89. The van der Waals surface area contributed by atoms with Gasteiger partial charge in [-0.2, -0.15) is 0 Å². The summed E-state index contributed by atoms with van der Waals surface area (Å²) in [4.78, 5) is 45.9. The second-order valence-electron chi connectivity index (χ2n) is 10.1. The third-order valence-electron chi connectivity index (χ3n) is 7.33. The Balaban J connectivity index is 0.000000205. The molecule has 2 amide bonds. The van der Waals surface area contributed by atoms with Crippen LogP contribution in [0.3, 0.4) is 0 Å². The van der Waals surface area contributed by atoms with Crippen molar-refractivity contribution < 1.29 is 24.1 Å². The molecule has 0 radical (unpaired) electrons. The number of halogens is 1. The van der Waals surface area contributed by atoms with Gasteiger partial charge in [0.2, 0.25) is 5.91 Å². The first-order valence-electron chi connectivity index (χ1n) is 13.6. The van der Waals surface area contributed by atoms with Crippen LogP contribution >= 0.6 is 47.3 Å². The summed E-state index contributed by atoms with van der Waals surface area (Å²) >= 11 is 4.82. The lowest BCUT2D eigenvalue weighted by molar-refractivity contribution is -0.689. The Morgan fingerprint density at radius 1 is 1.07 bits per heavy atom. The lowest BCUT2D eigenvalue weighted by Gasteiger charge is -2.50. The van der Waals surface area contributed by atoms with E-state index < -0.39 is 23.3 Å². The van der Waals surface area contributed by atoms with Crippen LogP contribution in [-0.2, 0) is 27.3 Å². The second-order valence-corrected chi connectivity index (χ2v) is 13.3. The number of carbonyl (C=O) groups is 3. The quantitative estimate of drug-likeness (QED) is 0.307. The third-order valence-corrected chi connectivity index (χ3v) is 10.6. The monoisotopic (exact) mass is 655 g/mol. The number of carboxylic acids is 1. The number of aliphatic carboxylic acids is 1. The van der Waals surface area contributed by atoms with Crippen LogP contribution in [0.2, 0.25) is 0 Å². The predicted octanol–water partition coefficient (Wildman–Crippen LogP) is 2.25. The number of nitrogens with zero attached hydrogens (tertiary/aromatic N) is 4. The average Bonchev–Trinajstić information content (AvgIpc) is 3.76. The summed E-state index contributed by atoms with van der Waals surface area (Å²) in [6.45, 7) is 2.61. The minimum atomic E-state index is -1.37. The van der Waals surface area contributed by atoms with Gasteiger partial charge in [-0.25, -0.2) is 4.57 Å². The highest BCUT2D eigenvalue weighted by atomic mass is 35.5. The van der Waals surface area contributed by atoms with Crippen molar-refractivity contribution in [3.63, 3.8) is 0 Å². The van der Waals surface area contributed by atoms with Gasteiger partial charge < -0.3 is 20.1 Å². The predicted molar refractivity (Wildman–Crippen MR) is 170 cm³/mol. The second kappa shape index (κ2) is 14.0. The van der Waals surface area contributed by atoms with E-state index in [-0.39, 0.29) is 30.4 Å². The van der Waals surface area contributed by atoms with E-state index in [0.717, 1.165) is 11.4 Å². The molecule has 1 aromatic carbocycles. The number of amides is 2. The van der Waals surface area contributed by atoms with E-state index in [4.69, 9.17) is 4.99 Å². The first kappa shape index (κ1) is 31.1. The number of amidine groups is 1. The number of hydrogen-bond donors (Lipinski definition) is 1. The number of aromatic nitrogens is 1. The number of nitrogens with one attached hydrogen (secondary N) is 1. The molecule has 1 unspecified atom stereocenters. The van der Waals surface area contributed by atoms with Gasteiger partial charge >= 0.3 is 0 Å². The number of thioether (sulfide) groups is 2. The smallest absolute Gasteiger partial charge is 0.253 e. The molecule has 7 rings (SSSR count). The molecule has 224 valence electrons. The van der Waals surface area contributed by atoms with E-state index in [2.05, 4.69) is 40.5 Å². The highest BCUT2D eigenvalue weighted by Crippen LogP contribution is 2.40. The van der Waals surface area contributed by atoms with Crippen molar-refractivity contribution in [1.29, 1.82) is 0 Å². The van der Waals surface area contributed by atoms with Gasteiger partial charge in [-0.05, 0) is 17.0 Å². The van der Waals surface area contributed by atoms with Gasteiger partial charge in [0.1, 0.15) is 11.4 Å². The summed E-state index contributed by atoms with van der Waals surface area (Å²) < 4.78 is 1.85. The summed E-state index contributed by atoms with van der Waals surface area (Å²) in [6, 6.07) is 19.5. The molecular weight excluding hydrogens is 626 g/mol. The first-order chi connectivity index (χ1) is 20.5. The lowest BCUT2D eigenvalue weighted by atomic mass is 10.0. The Kier molecular flexibility index (Phi) is 10.1. The molecule has 2 fully saturated rings. The van der Waals surface area contributed by atoms with Crippen LogP contribution < -0.4 is 15.0 Å². The van der Waals surface area contributed by atoms with Gasteiger partial charge in [-0.3, -0.25) is 19.5 Å². The van der Waals surface area contributed by atoms with Gasteiger partial charge in [0.05, 0.1) is 24.1 Å². The summed E-state index contributed by atoms with van der Waals surface area (Å²) in [6.07, 6.45) is 3.88. The molecule has 4 aliphatic heterocycles. The molecule has 2 saturated heterocycles. The maximum Gasteiger partial charge on any atom is 0.253 e. The van der Waals surface area contributed by atoms with Gasteiger partial charge in [0, 0.05) is 47.2 Å². The van der Waals surface area contributed by atoms with Crippen molar-refractivity contribution >= 4 is 70.2 Å². The fourth-order valence-electron chi connectivity index (χ4n) is 5.31. The van der Waals surface area contributed by atoms with Crippen LogP contribution in [0.25, 0.3) is 0 Å². The number of β-lactam (4-membered cyclic amide) rings is 1. The van der Waals surface area contributed by atoms with Crippen molar-refractivity contribution in [2.75, 3.05) is 24.6 Å². The highest BCUT2D eigenvalue weighted by Gasteiger charge is 2.53. The highest BCUT2D eigenvalue weighted by molar-refractivity contribution is 8.14. The standard InChI is InChI=1S/C19H17N3O4S2.C11H12N2S.ClH/c23-14(9-13-5-4-8-27-13)20-15-17(24)22-16(19(25)26)12(11-28-18(15)22)10-21-6-2-1-3-7-21;1-2-4-9(5-3-1)10-8-13-6-7-14-11(13)12-10;/h1-8,15,18H,9-11H2,(H-,20,23,25,26);1-5,10H,6-8H2;1H/t15-,18-;;/m1../s1. The zero-order chi connectivity index (χ0) is 29.1. The number of carboxylic acid groups (broad SMARTS) is 1. The Morgan fingerprint density at radius 3 is 2.53 bits per heavy atom. The fraction of sp³-hybridized carbons (Fsp3) is 0.300. The molecule has 0 aliphatic carbocycles. The van der Waals surface area contributed by atoms with Gasteiger partial charge in [-0.1, -0.05) is 54.2 Å². The van der Waals surface area contributed by atoms with Crippen LogP contribution in [0.15, 0.2) is 94.7 Å². The minimum absolute atomic E-state index is 0. The summed E-state index contributed by atoms with van der Waals surface area (Å²) in [7, 11) is 0. The van der Waals surface area contributed by atoms with E-state index in [1.165, 1.54) is 51.0 Å². The molecule has 2 aromatic heterocycles. The summed E-state index contributed by atoms with van der Waals surface area (Å²) in [5, 5.41) is 17.2. The number of hydrogen-bond acceptors (Lipinski definition) is 9. The fourth-order valence-corrected chi connectivity index (χ4v) is 8.39. The number of fused-ring (bicyclic) bond motifs is 2. The van der Waals surface area contributed by atoms with E-state index in [0.29, 0.717) is 23.9 Å². The van der Waals surface area contributed by atoms with Crippen molar-refractivity contribution in [1.82, 2.24) is 15.1 Å². The van der Waals surface area contributed by atoms with Crippen LogP contribution in [-0.4, -0.2) is 68.8 Å². The Morgan fingerprint density at radius 2 is 1.84 bits per heavy atom. The van der Waals surface area contributed by atoms with E-state index in [1.807, 2.05) is 64.4 Å². The number of pyridine rings is 1. The molecule has 3 atom stereocenters. The van der Waals surface area contributed by atoms with Crippen LogP contribution in [0, 0.1) is 0 Å². The molecule has 1 N–H and O–H groups in total. The lowest BCUT2D eigenvalue weighted by Crippen LogP contribution is -2.71. The first-order valence-corrected chi connectivity index (χ1v) is 16.5. The van der Waals surface area contributed by atoms with Gasteiger partial charge in [-0.15, -0.1) is 35.5 Å². The third kappa shape index (κ3) is 6.93. The van der Waals surface area contributed by atoms with Crippen molar-refractivity contribution in [2.24, 2.45) is 4.99 Å². The molecule has 9 nitrogen and oxygen atoms in total. The maximum atomic E-state index is 12.6. The average molecular weight is 656 g/mol. The van der Waals surface area contributed by atoms with E-state index in [9.17, 15) is 19.5 Å². The van der Waals surface area contributed by atoms with Crippen LogP contribution in [0.4, 0.5) is 0 Å². The topological polar surface area (TPSA) is 109 Å². The van der Waals surface area contributed by atoms with Crippen molar-refractivity contribution in [3.8, 4) is 0 Å². The maximum absolute atomic E-state index is 12.6. The zero-order valence-electron chi connectivity index (χ0n) is 23.0. The molecular formula is C30H30ClN5O4S3. The molecule has 3 aromatic rings. The number of carbonyl (C=O) groups excluding carboxylic acids is 3. The Labute approximate surface area is 268 Å². The Bertz CT molecular complexity index is 1520. The van der Waals surface area contributed by atoms with Crippen LogP contribution in [0.1, 0.15) is 16.5 Å². The number of aliphatic imine (C=N–C) groups is 1. The number of benzene rings is 1. The SMILES string of the molecule is Cl.O=C(Cc1cccs1)N[C@@H]1C(=O)N2C(C(=O)[O-])=C(C[n+]3ccccc3)CS[C@H]12.c1ccc(C2CN3CCSC3=N2)cc1. The molecule has 0 spiro atoms. The Hall–Kier alpha value is -3.32. The zero-order valence-corrected chi connectivity index (χ0v) is 26.3. The van der Waals surface area contributed by atoms with Crippen molar-refractivity contribution in [2.45, 2.75) is 30.4 Å². The van der Waals surface area contributed by atoms with Crippen LogP contribution in [0.5, 0.6) is 0 Å². The molecule has 13 heteroatoms. The van der Waals surface area contributed by atoms with Crippen molar-refractivity contribution in [3.05, 3.63) is 100 Å². The van der Waals surface area contributed by atoms with E-state index in [1.54, 1.807) is 0 Å². The largest absolute Gasteiger partial charge is 0.543 e. The molecule has 0 bridgehead atoms. The van der Waals surface area contributed by atoms with E-state index >= 15 is 0 Å². The summed E-state index contributed by atoms with van der Waals surface area (Å²) in [5.74, 6) is -0.359. The molecule has 6 heterocycles. The molecule has 43 heavy (non-hydrogen) atoms. The molecule has 0 saturated carbocycles. The number of thiophene rings is 1. The van der Waals surface area contributed by atoms with Gasteiger partial charge in [0.25, 0.3) is 5.91 Å². The number of rotatable bonds is 7. The van der Waals surface area contributed by atoms with Gasteiger partial charge in [0.15, 0.2) is 24.1 Å².